The molecule has 7 heteroatoms. The van der Waals surface area contributed by atoms with Gasteiger partial charge in [0, 0.05) is 26.6 Å². The zero-order valence-corrected chi connectivity index (χ0v) is 13.1. The highest BCUT2D eigenvalue weighted by Crippen LogP contribution is 2.09. The van der Waals surface area contributed by atoms with Crippen molar-refractivity contribution >= 4 is 16.2 Å². The Balaban J connectivity index is 2.57. The summed E-state index contributed by atoms with van der Waals surface area (Å²) in [6.45, 7) is 2.24. The molecule has 0 aliphatic carbocycles. The zero-order valence-electron chi connectivity index (χ0n) is 12.3. The summed E-state index contributed by atoms with van der Waals surface area (Å²) in [4.78, 5) is 10.7. The Morgan fingerprint density at radius 3 is 2.48 bits per heavy atom. The van der Waals surface area contributed by atoms with Crippen molar-refractivity contribution in [2.75, 3.05) is 13.6 Å². The Hall–Kier alpha value is -1.44. The van der Waals surface area contributed by atoms with Crippen molar-refractivity contribution in [2.45, 2.75) is 26.3 Å². The summed E-state index contributed by atoms with van der Waals surface area (Å²) >= 11 is 0. The second-order valence-corrected chi connectivity index (χ2v) is 6.83. The fourth-order valence-electron chi connectivity index (χ4n) is 1.87. The molecule has 0 bridgehead atoms. The summed E-state index contributed by atoms with van der Waals surface area (Å²) in [6.07, 6.45) is 0.568. The van der Waals surface area contributed by atoms with Crippen molar-refractivity contribution in [3.8, 4) is 0 Å². The van der Waals surface area contributed by atoms with Crippen LogP contribution in [0, 0.1) is 5.92 Å². The number of rotatable bonds is 9. The van der Waals surface area contributed by atoms with E-state index in [1.807, 2.05) is 37.3 Å². The van der Waals surface area contributed by atoms with Crippen LogP contribution in [0.3, 0.4) is 0 Å². The smallest absolute Gasteiger partial charge is 0.303 e. The monoisotopic (exact) mass is 314 g/mol. The van der Waals surface area contributed by atoms with Crippen LogP contribution in [-0.4, -0.2) is 37.4 Å². The lowest BCUT2D eigenvalue weighted by Crippen LogP contribution is -2.40. The van der Waals surface area contributed by atoms with E-state index in [1.54, 1.807) is 0 Å². The lowest BCUT2D eigenvalue weighted by Gasteiger charge is -2.20. The molecule has 1 rings (SSSR count). The normalized spacial score (nSPS) is 13.3. The van der Waals surface area contributed by atoms with Crippen LogP contribution < -0.4 is 4.72 Å². The number of carboxylic acids is 1. The maximum absolute atomic E-state index is 12.1. The molecule has 0 saturated carbocycles. The average Bonchev–Trinajstić information content (AvgIpc) is 2.44. The molecule has 21 heavy (non-hydrogen) atoms. The zero-order chi connectivity index (χ0) is 15.9. The maximum atomic E-state index is 12.1. The van der Waals surface area contributed by atoms with Crippen LogP contribution in [0.1, 0.15) is 25.3 Å². The summed E-state index contributed by atoms with van der Waals surface area (Å²) in [5, 5.41) is 8.76. The van der Waals surface area contributed by atoms with E-state index in [1.165, 1.54) is 11.4 Å². The van der Waals surface area contributed by atoms with Gasteiger partial charge in [0.1, 0.15) is 0 Å². The highest BCUT2D eigenvalue weighted by molar-refractivity contribution is 7.87. The number of aliphatic carboxylic acids is 1. The molecular weight excluding hydrogens is 292 g/mol. The molecule has 0 spiro atoms. The van der Waals surface area contributed by atoms with Crippen molar-refractivity contribution < 1.29 is 18.3 Å². The molecule has 1 unspecified atom stereocenters. The topological polar surface area (TPSA) is 86.7 Å². The van der Waals surface area contributed by atoms with Gasteiger partial charge in [-0.25, -0.2) is 4.72 Å². The summed E-state index contributed by atoms with van der Waals surface area (Å²) in [5.41, 5.74) is 0.892. The van der Waals surface area contributed by atoms with E-state index in [9.17, 15) is 13.2 Å². The maximum Gasteiger partial charge on any atom is 0.303 e. The number of nitrogens with zero attached hydrogens (tertiary/aromatic N) is 1. The molecular formula is C14H22N2O4S. The van der Waals surface area contributed by atoms with Gasteiger partial charge in [0.05, 0.1) is 0 Å². The van der Waals surface area contributed by atoms with Crippen molar-refractivity contribution in [3.63, 3.8) is 0 Å². The first kappa shape index (κ1) is 17.6. The number of hydrogen-bond donors (Lipinski definition) is 2. The predicted molar refractivity (Wildman–Crippen MR) is 80.9 cm³/mol. The Morgan fingerprint density at radius 1 is 1.33 bits per heavy atom. The van der Waals surface area contributed by atoms with Gasteiger partial charge in [-0.15, -0.1) is 0 Å². The van der Waals surface area contributed by atoms with Gasteiger partial charge in [0.2, 0.25) is 0 Å². The van der Waals surface area contributed by atoms with E-state index in [2.05, 4.69) is 4.72 Å². The third-order valence-corrected chi connectivity index (χ3v) is 4.73. The molecule has 0 saturated heterocycles. The van der Waals surface area contributed by atoms with Gasteiger partial charge in [-0.05, 0) is 11.5 Å². The molecule has 1 atom stereocenters. The van der Waals surface area contributed by atoms with Crippen molar-refractivity contribution in [2.24, 2.45) is 5.92 Å². The molecule has 0 amide bonds. The number of carboxylic acid groups (broad SMARTS) is 1. The summed E-state index contributed by atoms with van der Waals surface area (Å²) in [7, 11) is -2.12. The van der Waals surface area contributed by atoms with Crippen LogP contribution in [-0.2, 0) is 21.5 Å². The lowest BCUT2D eigenvalue weighted by atomic mass is 10.0. The summed E-state index contributed by atoms with van der Waals surface area (Å²) in [5.74, 6) is -1.12. The summed E-state index contributed by atoms with van der Waals surface area (Å²) < 4.78 is 27.9. The first-order valence-corrected chi connectivity index (χ1v) is 8.25. The molecule has 0 aliphatic rings. The molecule has 2 N–H and O–H groups in total. The molecule has 0 fully saturated rings. The van der Waals surface area contributed by atoms with Crippen molar-refractivity contribution in [1.29, 1.82) is 0 Å². The van der Waals surface area contributed by atoms with Crippen molar-refractivity contribution in [3.05, 3.63) is 35.9 Å². The fourth-order valence-corrected chi connectivity index (χ4v) is 2.85. The van der Waals surface area contributed by atoms with E-state index in [0.717, 1.165) is 5.56 Å². The molecule has 0 aromatic heterocycles. The average molecular weight is 314 g/mol. The molecule has 0 heterocycles. The van der Waals surface area contributed by atoms with Gasteiger partial charge >= 0.3 is 5.97 Å². The van der Waals surface area contributed by atoms with Gasteiger partial charge in [0.15, 0.2) is 0 Å². The quantitative estimate of drug-likeness (QED) is 0.722. The molecule has 0 aliphatic heterocycles. The highest BCUT2D eigenvalue weighted by atomic mass is 32.2. The SMILES string of the molecule is CCC(CNS(=O)(=O)N(C)Cc1ccccc1)CC(=O)O. The molecule has 1 aromatic rings. The number of hydrogen-bond acceptors (Lipinski definition) is 3. The molecule has 118 valence electrons. The Morgan fingerprint density at radius 2 is 1.95 bits per heavy atom. The lowest BCUT2D eigenvalue weighted by molar-refractivity contribution is -0.138. The van der Waals surface area contributed by atoms with Crippen LogP contribution in [0.2, 0.25) is 0 Å². The van der Waals surface area contributed by atoms with Gasteiger partial charge in [0.25, 0.3) is 10.2 Å². The van der Waals surface area contributed by atoms with Gasteiger partial charge in [-0.2, -0.15) is 12.7 Å². The third kappa shape index (κ3) is 6.24. The largest absolute Gasteiger partial charge is 0.481 e. The fraction of sp³-hybridized carbons (Fsp3) is 0.500. The van der Waals surface area contributed by atoms with Crippen LogP contribution in [0.15, 0.2) is 30.3 Å². The number of nitrogens with one attached hydrogen (secondary N) is 1. The highest BCUT2D eigenvalue weighted by Gasteiger charge is 2.20. The van der Waals surface area contributed by atoms with E-state index < -0.39 is 16.2 Å². The molecule has 0 radical (unpaired) electrons. The van der Waals surface area contributed by atoms with E-state index in [4.69, 9.17) is 5.11 Å². The van der Waals surface area contributed by atoms with Gasteiger partial charge < -0.3 is 5.11 Å². The minimum absolute atomic E-state index is 0.0403. The molecule has 6 nitrogen and oxygen atoms in total. The Labute approximate surface area is 126 Å². The number of carbonyl (C=O) groups is 1. The van der Waals surface area contributed by atoms with Crippen LogP contribution in [0.25, 0.3) is 0 Å². The summed E-state index contributed by atoms with van der Waals surface area (Å²) in [6, 6.07) is 9.27. The van der Waals surface area contributed by atoms with Crippen LogP contribution >= 0.6 is 0 Å². The first-order valence-electron chi connectivity index (χ1n) is 6.81. The van der Waals surface area contributed by atoms with Crippen LogP contribution in [0.4, 0.5) is 0 Å². The van der Waals surface area contributed by atoms with E-state index >= 15 is 0 Å². The van der Waals surface area contributed by atoms with Crippen LogP contribution in [0.5, 0.6) is 0 Å². The number of benzene rings is 1. The van der Waals surface area contributed by atoms with Crippen molar-refractivity contribution in [1.82, 2.24) is 9.03 Å². The van der Waals surface area contributed by atoms with E-state index in [0.29, 0.717) is 6.42 Å². The molecule has 1 aromatic carbocycles. The first-order chi connectivity index (χ1) is 9.85. The van der Waals surface area contributed by atoms with Gasteiger partial charge in [-0.1, -0.05) is 43.7 Å². The minimum Gasteiger partial charge on any atom is -0.481 e. The Bertz CT molecular complexity index is 545. The second kappa shape index (κ2) is 8.11. The standard InChI is InChI=1S/C14H22N2O4S/c1-3-12(9-14(17)18)10-15-21(19,20)16(2)11-13-7-5-4-6-8-13/h4-8,12,15H,3,9-11H2,1-2H3,(H,17,18). The third-order valence-electron chi connectivity index (χ3n) is 3.25. The van der Waals surface area contributed by atoms with E-state index in [-0.39, 0.29) is 25.4 Å². The predicted octanol–water partition coefficient (Wildman–Crippen LogP) is 1.45. The van der Waals surface area contributed by atoms with Gasteiger partial charge in [-0.3, -0.25) is 4.79 Å². The second-order valence-electron chi connectivity index (χ2n) is 4.97. The Kier molecular flexibility index (Phi) is 6.80. The minimum atomic E-state index is -3.61.